The summed E-state index contributed by atoms with van der Waals surface area (Å²) in [5.74, 6) is -0.860. The SMILES string of the molecule is CC(C)OC(=O)NC1Cc2c(n(C[C@@H]3[C@H](OC(=O)CCl)CCN3C(=O)OC(C)(C)C)c3c(C#N)cccc23)C1. The van der Waals surface area contributed by atoms with Gasteiger partial charge < -0.3 is 24.1 Å². The van der Waals surface area contributed by atoms with E-state index in [0.29, 0.717) is 31.4 Å². The van der Waals surface area contributed by atoms with Gasteiger partial charge >= 0.3 is 18.2 Å². The lowest BCUT2D eigenvalue weighted by Gasteiger charge is -2.31. The van der Waals surface area contributed by atoms with E-state index >= 15 is 0 Å². The summed E-state index contributed by atoms with van der Waals surface area (Å²) in [5, 5.41) is 13.8. The predicted octanol–water partition coefficient (Wildman–Crippen LogP) is 4.27. The number of nitriles is 1. The van der Waals surface area contributed by atoms with Gasteiger partial charge in [-0.15, -0.1) is 11.6 Å². The minimum Gasteiger partial charge on any atom is -0.459 e. The first-order chi connectivity index (χ1) is 18.4. The molecular weight excluding hydrogens is 524 g/mol. The summed E-state index contributed by atoms with van der Waals surface area (Å²) in [6.07, 6.45) is -0.281. The molecule has 0 radical (unpaired) electrons. The molecule has 3 atom stereocenters. The Morgan fingerprint density at radius 3 is 2.62 bits per heavy atom. The van der Waals surface area contributed by atoms with Gasteiger partial charge in [0, 0.05) is 43.1 Å². The molecule has 4 rings (SSSR count). The van der Waals surface area contributed by atoms with Crippen molar-refractivity contribution in [2.75, 3.05) is 12.4 Å². The van der Waals surface area contributed by atoms with Gasteiger partial charge in [0.1, 0.15) is 23.7 Å². The first-order valence-electron chi connectivity index (χ1n) is 13.2. The minimum absolute atomic E-state index is 0.182. The van der Waals surface area contributed by atoms with Crippen LogP contribution in [0.5, 0.6) is 0 Å². The fourth-order valence-corrected chi connectivity index (χ4v) is 5.53. The Kier molecular flexibility index (Phi) is 8.31. The number of likely N-dealkylation sites (tertiary alicyclic amines) is 1. The van der Waals surface area contributed by atoms with Gasteiger partial charge in [0.15, 0.2) is 0 Å². The van der Waals surface area contributed by atoms with Gasteiger partial charge in [-0.25, -0.2) is 9.59 Å². The van der Waals surface area contributed by atoms with E-state index in [1.165, 1.54) is 0 Å². The number of benzene rings is 1. The molecule has 11 heteroatoms. The third kappa shape index (κ3) is 6.25. The van der Waals surface area contributed by atoms with Gasteiger partial charge in [-0.05, 0) is 52.7 Å². The van der Waals surface area contributed by atoms with Crippen LogP contribution in [-0.4, -0.2) is 69.9 Å². The van der Waals surface area contributed by atoms with Crippen molar-refractivity contribution in [1.29, 1.82) is 5.26 Å². The van der Waals surface area contributed by atoms with Crippen LogP contribution in [-0.2, 0) is 38.4 Å². The van der Waals surface area contributed by atoms with Crippen LogP contribution in [0.2, 0.25) is 0 Å². The van der Waals surface area contributed by atoms with Crippen LogP contribution in [0.25, 0.3) is 10.9 Å². The smallest absolute Gasteiger partial charge is 0.410 e. The number of hydrogen-bond acceptors (Lipinski definition) is 7. The van der Waals surface area contributed by atoms with Crippen molar-refractivity contribution in [3.8, 4) is 6.07 Å². The van der Waals surface area contributed by atoms with Crippen LogP contribution in [0.3, 0.4) is 0 Å². The lowest BCUT2D eigenvalue weighted by Crippen LogP contribution is -2.46. The van der Waals surface area contributed by atoms with Crippen molar-refractivity contribution in [1.82, 2.24) is 14.8 Å². The molecule has 10 nitrogen and oxygen atoms in total. The maximum atomic E-state index is 13.2. The van der Waals surface area contributed by atoms with Crippen molar-refractivity contribution in [2.45, 2.75) is 90.3 Å². The zero-order valence-corrected chi connectivity index (χ0v) is 23.7. The third-order valence-electron chi connectivity index (χ3n) is 6.85. The third-order valence-corrected chi connectivity index (χ3v) is 7.07. The fraction of sp³-hybridized carbons (Fsp3) is 0.571. The number of fused-ring (bicyclic) bond motifs is 3. The molecule has 0 bridgehead atoms. The number of alkyl carbamates (subject to hydrolysis) is 1. The van der Waals surface area contributed by atoms with Gasteiger partial charge in [-0.3, -0.25) is 9.69 Å². The molecular formula is C28H35ClN4O6. The number of amides is 2. The van der Waals surface area contributed by atoms with E-state index in [1.54, 1.807) is 45.6 Å². The summed E-state index contributed by atoms with van der Waals surface area (Å²) in [5.41, 5.74) is 2.55. The first-order valence-corrected chi connectivity index (χ1v) is 13.7. The van der Waals surface area contributed by atoms with Crippen molar-refractivity contribution in [3.05, 3.63) is 35.0 Å². The zero-order valence-electron chi connectivity index (χ0n) is 23.0. The molecule has 2 aromatic rings. The molecule has 1 N–H and O–H groups in total. The lowest BCUT2D eigenvalue weighted by molar-refractivity contribution is -0.147. The highest BCUT2D eigenvalue weighted by atomic mass is 35.5. The van der Waals surface area contributed by atoms with Crippen LogP contribution >= 0.6 is 11.6 Å². The molecule has 2 amide bonds. The summed E-state index contributed by atoms with van der Waals surface area (Å²) in [7, 11) is 0. The molecule has 1 aliphatic heterocycles. The highest BCUT2D eigenvalue weighted by Gasteiger charge is 2.43. The molecule has 1 saturated heterocycles. The largest absolute Gasteiger partial charge is 0.459 e. The Morgan fingerprint density at radius 2 is 1.97 bits per heavy atom. The maximum Gasteiger partial charge on any atom is 0.410 e. The molecule has 210 valence electrons. The standard InChI is InChI=1S/C28H35ClN4O6/c1-16(2)37-26(35)31-18-11-20-19-8-6-7-17(14-30)25(19)33(21(20)12-18)15-22-23(38-24(34)13-29)9-10-32(22)27(36)39-28(3,4)5/h6-8,16,18,22-23H,9-13,15H2,1-5H3,(H,31,35)/t18?,22-,23-/m1/s1. The van der Waals surface area contributed by atoms with Crippen LogP contribution < -0.4 is 5.32 Å². The second kappa shape index (κ2) is 11.3. The molecule has 1 aromatic carbocycles. The Hall–Kier alpha value is -3.45. The number of hydrogen-bond donors (Lipinski definition) is 1. The van der Waals surface area contributed by atoms with Crippen molar-refractivity contribution < 1.29 is 28.6 Å². The average Bonchev–Trinajstić information content (AvgIpc) is 3.51. The van der Waals surface area contributed by atoms with E-state index in [4.69, 9.17) is 25.8 Å². The summed E-state index contributed by atoms with van der Waals surface area (Å²) in [6.45, 7) is 9.58. The number of nitrogens with zero attached hydrogens (tertiary/aromatic N) is 3. The predicted molar refractivity (Wildman–Crippen MR) is 145 cm³/mol. The molecule has 1 unspecified atom stereocenters. The fourth-order valence-electron chi connectivity index (χ4n) is 5.47. The number of nitrogens with one attached hydrogen (secondary N) is 1. The number of carbonyl (C=O) groups excluding carboxylic acids is 3. The van der Waals surface area contributed by atoms with Crippen LogP contribution in [0.15, 0.2) is 18.2 Å². The Bertz CT molecular complexity index is 1310. The second-order valence-electron chi connectivity index (χ2n) is 11.2. The molecule has 39 heavy (non-hydrogen) atoms. The summed E-state index contributed by atoms with van der Waals surface area (Å²) >= 11 is 5.72. The van der Waals surface area contributed by atoms with E-state index < -0.39 is 35.9 Å². The monoisotopic (exact) mass is 558 g/mol. The second-order valence-corrected chi connectivity index (χ2v) is 11.5. The van der Waals surface area contributed by atoms with Gasteiger partial charge in [0.2, 0.25) is 0 Å². The summed E-state index contributed by atoms with van der Waals surface area (Å²) < 4.78 is 18.6. The molecule has 1 aromatic heterocycles. The molecule has 1 fully saturated rings. The van der Waals surface area contributed by atoms with E-state index in [-0.39, 0.29) is 24.6 Å². The summed E-state index contributed by atoms with van der Waals surface area (Å²) in [4.78, 5) is 39.3. The van der Waals surface area contributed by atoms with Crippen LogP contribution in [0.4, 0.5) is 9.59 Å². The van der Waals surface area contributed by atoms with Gasteiger partial charge in [0.05, 0.1) is 23.2 Å². The number of alkyl halides is 1. The molecule has 2 heterocycles. The summed E-state index contributed by atoms with van der Waals surface area (Å²) in [6, 6.07) is 7.12. The Labute approximate surface area is 233 Å². The first kappa shape index (κ1) is 28.6. The quantitative estimate of drug-likeness (QED) is 0.319. The number of rotatable bonds is 6. The number of aromatic nitrogens is 1. The van der Waals surface area contributed by atoms with E-state index in [0.717, 1.165) is 22.2 Å². The average molecular weight is 559 g/mol. The molecule has 0 spiro atoms. The maximum absolute atomic E-state index is 13.2. The van der Waals surface area contributed by atoms with Crippen molar-refractivity contribution in [2.24, 2.45) is 0 Å². The van der Waals surface area contributed by atoms with Crippen molar-refractivity contribution in [3.63, 3.8) is 0 Å². The topological polar surface area (TPSA) is 123 Å². The zero-order chi connectivity index (χ0) is 28.5. The molecule has 2 aliphatic rings. The highest BCUT2D eigenvalue weighted by molar-refractivity contribution is 6.26. The number of esters is 1. The van der Waals surface area contributed by atoms with Gasteiger partial charge in [-0.1, -0.05) is 12.1 Å². The number of halogens is 1. The van der Waals surface area contributed by atoms with E-state index in [1.807, 2.05) is 16.7 Å². The van der Waals surface area contributed by atoms with Gasteiger partial charge in [-0.2, -0.15) is 5.26 Å². The normalized spacial score (nSPS) is 20.6. The molecule has 0 saturated carbocycles. The number of ether oxygens (including phenoxy) is 3. The Morgan fingerprint density at radius 1 is 1.23 bits per heavy atom. The van der Waals surface area contributed by atoms with Crippen LogP contribution in [0, 0.1) is 11.3 Å². The van der Waals surface area contributed by atoms with Crippen molar-refractivity contribution >= 4 is 40.7 Å². The number of para-hydroxylation sites is 1. The van der Waals surface area contributed by atoms with Crippen LogP contribution in [0.1, 0.15) is 57.9 Å². The lowest BCUT2D eigenvalue weighted by atomic mass is 10.1. The van der Waals surface area contributed by atoms with E-state index in [9.17, 15) is 19.6 Å². The minimum atomic E-state index is -0.703. The highest BCUT2D eigenvalue weighted by Crippen LogP contribution is 2.37. The van der Waals surface area contributed by atoms with E-state index in [2.05, 4.69) is 11.4 Å². The number of carbonyl (C=O) groups is 3. The Balaban J connectivity index is 1.72. The van der Waals surface area contributed by atoms with Gasteiger partial charge in [0.25, 0.3) is 0 Å². The molecule has 1 aliphatic carbocycles.